The molecule has 0 spiro atoms. The van der Waals surface area contributed by atoms with Crippen LogP contribution in [0.2, 0.25) is 0 Å². The van der Waals surface area contributed by atoms with E-state index in [0.717, 1.165) is 5.92 Å². The van der Waals surface area contributed by atoms with Gasteiger partial charge in [-0.3, -0.25) is 0 Å². The molecule has 0 aliphatic heterocycles. The topological polar surface area (TPSA) is 12.0 Å². The predicted octanol–water partition coefficient (Wildman–Crippen LogP) is 4.49. The molecule has 1 nitrogen and oxygen atoms in total. The van der Waals surface area contributed by atoms with Crippen molar-refractivity contribution in [3.63, 3.8) is 0 Å². The summed E-state index contributed by atoms with van der Waals surface area (Å²) in [5, 5.41) is 3.54. The molecule has 1 unspecified atom stereocenters. The molecule has 0 bridgehead atoms. The summed E-state index contributed by atoms with van der Waals surface area (Å²) in [7, 11) is 0. The van der Waals surface area contributed by atoms with Crippen molar-refractivity contribution in [3.8, 4) is 0 Å². The van der Waals surface area contributed by atoms with Gasteiger partial charge in [-0.15, -0.1) is 0 Å². The molecular formula is C15H25N. The Labute approximate surface area is 100 Å². The first-order valence-electron chi connectivity index (χ1n) is 6.47. The highest BCUT2D eigenvalue weighted by Crippen LogP contribution is 2.14. The van der Waals surface area contributed by atoms with Gasteiger partial charge in [0.15, 0.2) is 0 Å². The highest BCUT2D eigenvalue weighted by atomic mass is 14.9. The van der Waals surface area contributed by atoms with Crippen LogP contribution >= 0.6 is 0 Å². The summed E-state index contributed by atoms with van der Waals surface area (Å²) >= 11 is 0. The Morgan fingerprint density at radius 1 is 1.06 bits per heavy atom. The van der Waals surface area contributed by atoms with Gasteiger partial charge >= 0.3 is 0 Å². The number of rotatable bonds is 6. The van der Waals surface area contributed by atoms with Crippen molar-refractivity contribution in [2.75, 3.05) is 5.32 Å². The SMILES string of the molecule is CCCc1ccc(NC(C)CC(C)C)cc1. The first kappa shape index (κ1) is 13.1. The molecule has 1 rings (SSSR count). The second kappa shape index (κ2) is 6.57. The summed E-state index contributed by atoms with van der Waals surface area (Å²) in [6, 6.07) is 9.41. The first-order valence-corrected chi connectivity index (χ1v) is 6.47. The summed E-state index contributed by atoms with van der Waals surface area (Å²) in [6.45, 7) is 9.00. The number of anilines is 1. The van der Waals surface area contributed by atoms with E-state index in [4.69, 9.17) is 0 Å². The lowest BCUT2D eigenvalue weighted by Gasteiger charge is -2.17. The van der Waals surface area contributed by atoms with E-state index in [9.17, 15) is 0 Å². The predicted molar refractivity (Wildman–Crippen MR) is 73.0 cm³/mol. The highest BCUT2D eigenvalue weighted by molar-refractivity contribution is 5.45. The third-order valence-corrected chi connectivity index (χ3v) is 2.73. The van der Waals surface area contributed by atoms with Crippen molar-refractivity contribution in [1.29, 1.82) is 0 Å². The zero-order valence-corrected chi connectivity index (χ0v) is 11.1. The summed E-state index contributed by atoms with van der Waals surface area (Å²) in [5.41, 5.74) is 2.68. The van der Waals surface area contributed by atoms with Gasteiger partial charge in [-0.25, -0.2) is 0 Å². The van der Waals surface area contributed by atoms with Gasteiger partial charge in [0.1, 0.15) is 0 Å². The molecule has 0 fully saturated rings. The standard InChI is InChI=1S/C15H25N/c1-5-6-14-7-9-15(10-8-14)16-13(4)11-12(2)3/h7-10,12-13,16H,5-6,11H2,1-4H3. The minimum Gasteiger partial charge on any atom is -0.383 e. The van der Waals surface area contributed by atoms with Crippen LogP contribution in [0.5, 0.6) is 0 Å². The molecule has 1 atom stereocenters. The average Bonchev–Trinajstić information content (AvgIpc) is 2.20. The largest absolute Gasteiger partial charge is 0.383 e. The number of benzene rings is 1. The molecule has 1 N–H and O–H groups in total. The van der Waals surface area contributed by atoms with Gasteiger partial charge in [0.05, 0.1) is 0 Å². The summed E-state index contributed by atoms with van der Waals surface area (Å²) < 4.78 is 0. The Bertz CT molecular complexity index is 287. The monoisotopic (exact) mass is 219 g/mol. The fourth-order valence-electron chi connectivity index (χ4n) is 2.11. The van der Waals surface area contributed by atoms with E-state index in [1.165, 1.54) is 30.5 Å². The Morgan fingerprint density at radius 3 is 2.19 bits per heavy atom. The maximum Gasteiger partial charge on any atom is 0.0342 e. The van der Waals surface area contributed by atoms with Crippen molar-refractivity contribution in [2.45, 2.75) is 53.0 Å². The third-order valence-electron chi connectivity index (χ3n) is 2.73. The normalized spacial score (nSPS) is 12.8. The zero-order chi connectivity index (χ0) is 12.0. The second-order valence-electron chi connectivity index (χ2n) is 5.12. The lowest BCUT2D eigenvalue weighted by molar-refractivity contribution is 0.540. The Kier molecular flexibility index (Phi) is 5.37. The molecule has 0 aliphatic rings. The van der Waals surface area contributed by atoms with Crippen LogP contribution in [0.4, 0.5) is 5.69 Å². The van der Waals surface area contributed by atoms with Crippen LogP contribution in [-0.2, 0) is 6.42 Å². The van der Waals surface area contributed by atoms with Crippen LogP contribution in [-0.4, -0.2) is 6.04 Å². The number of hydrogen-bond donors (Lipinski definition) is 1. The molecule has 0 aromatic heterocycles. The molecule has 0 aliphatic carbocycles. The van der Waals surface area contributed by atoms with Crippen LogP contribution in [0.25, 0.3) is 0 Å². The van der Waals surface area contributed by atoms with E-state index in [-0.39, 0.29) is 0 Å². The van der Waals surface area contributed by atoms with Crippen molar-refractivity contribution < 1.29 is 0 Å². The molecule has 0 saturated heterocycles. The maximum absolute atomic E-state index is 3.54. The zero-order valence-electron chi connectivity index (χ0n) is 11.1. The molecular weight excluding hydrogens is 194 g/mol. The van der Waals surface area contributed by atoms with E-state index in [1.807, 2.05) is 0 Å². The number of hydrogen-bond acceptors (Lipinski definition) is 1. The van der Waals surface area contributed by atoms with Gasteiger partial charge in [-0.1, -0.05) is 39.3 Å². The molecule has 0 heterocycles. The molecule has 0 radical (unpaired) electrons. The van der Waals surface area contributed by atoms with Crippen LogP contribution in [0, 0.1) is 5.92 Å². The van der Waals surface area contributed by atoms with Crippen molar-refractivity contribution in [3.05, 3.63) is 29.8 Å². The first-order chi connectivity index (χ1) is 7.61. The summed E-state index contributed by atoms with van der Waals surface area (Å²) in [6.07, 6.45) is 3.62. The van der Waals surface area contributed by atoms with Gasteiger partial charge in [-0.05, 0) is 43.4 Å². The quantitative estimate of drug-likeness (QED) is 0.743. The second-order valence-corrected chi connectivity index (χ2v) is 5.12. The molecule has 1 aromatic rings. The van der Waals surface area contributed by atoms with Gasteiger partial charge in [0.25, 0.3) is 0 Å². The van der Waals surface area contributed by atoms with Crippen molar-refractivity contribution >= 4 is 5.69 Å². The molecule has 0 saturated carbocycles. The molecule has 0 amide bonds. The van der Waals surface area contributed by atoms with Gasteiger partial charge in [0, 0.05) is 11.7 Å². The highest BCUT2D eigenvalue weighted by Gasteiger charge is 2.04. The van der Waals surface area contributed by atoms with Crippen molar-refractivity contribution in [2.24, 2.45) is 5.92 Å². The fourth-order valence-corrected chi connectivity index (χ4v) is 2.11. The van der Waals surface area contributed by atoms with E-state index in [1.54, 1.807) is 0 Å². The molecule has 90 valence electrons. The summed E-state index contributed by atoms with van der Waals surface area (Å²) in [5.74, 6) is 0.752. The van der Waals surface area contributed by atoms with E-state index < -0.39 is 0 Å². The number of aryl methyl sites for hydroxylation is 1. The molecule has 16 heavy (non-hydrogen) atoms. The lowest BCUT2D eigenvalue weighted by Crippen LogP contribution is -2.17. The van der Waals surface area contributed by atoms with Gasteiger partial charge in [-0.2, -0.15) is 0 Å². The minimum atomic E-state index is 0.553. The van der Waals surface area contributed by atoms with Crippen LogP contribution in [0.1, 0.15) is 46.1 Å². The Morgan fingerprint density at radius 2 is 1.69 bits per heavy atom. The fraction of sp³-hybridized carbons (Fsp3) is 0.600. The molecule has 1 heteroatoms. The summed E-state index contributed by atoms with van der Waals surface area (Å²) in [4.78, 5) is 0. The van der Waals surface area contributed by atoms with E-state index in [0.29, 0.717) is 6.04 Å². The average molecular weight is 219 g/mol. The van der Waals surface area contributed by atoms with Crippen LogP contribution in [0.3, 0.4) is 0 Å². The van der Waals surface area contributed by atoms with Crippen LogP contribution in [0.15, 0.2) is 24.3 Å². The maximum atomic E-state index is 3.54. The third kappa shape index (κ3) is 4.69. The number of nitrogens with one attached hydrogen (secondary N) is 1. The Balaban J connectivity index is 2.48. The van der Waals surface area contributed by atoms with Gasteiger partial charge < -0.3 is 5.32 Å². The lowest BCUT2D eigenvalue weighted by atomic mass is 10.0. The minimum absolute atomic E-state index is 0.553. The van der Waals surface area contributed by atoms with Crippen molar-refractivity contribution in [1.82, 2.24) is 0 Å². The van der Waals surface area contributed by atoms with E-state index in [2.05, 4.69) is 57.3 Å². The van der Waals surface area contributed by atoms with E-state index >= 15 is 0 Å². The van der Waals surface area contributed by atoms with Crippen LogP contribution < -0.4 is 5.32 Å². The van der Waals surface area contributed by atoms with Gasteiger partial charge in [0.2, 0.25) is 0 Å². The Hall–Kier alpha value is -0.980. The smallest absolute Gasteiger partial charge is 0.0342 e. The molecule has 1 aromatic carbocycles.